The van der Waals surface area contributed by atoms with E-state index in [9.17, 15) is 4.89 Å². The fraction of sp³-hybridized carbons (Fsp3) is 1.00. The predicted molar refractivity (Wildman–Crippen MR) is 86.7 cm³/mol. The van der Waals surface area contributed by atoms with Crippen LogP contribution >= 0.6 is 17.1 Å². The molecule has 0 aliphatic rings. The fourth-order valence-electron chi connectivity index (χ4n) is 1.45. The van der Waals surface area contributed by atoms with Crippen LogP contribution in [0.2, 0.25) is 0 Å². The van der Waals surface area contributed by atoms with Gasteiger partial charge >= 0.3 is 37.7 Å². The SMILES string of the molecule is CCCCCCOP([O-])(=S)SCCCCCC.[Ca+]. The minimum Gasteiger partial charge on any atom is -0.793 e. The monoisotopic (exact) mass is 337 g/mol. The van der Waals surface area contributed by atoms with Crippen molar-refractivity contribution in [3.63, 3.8) is 0 Å². The Balaban J connectivity index is 0. The minimum absolute atomic E-state index is 0. The van der Waals surface area contributed by atoms with Crippen LogP contribution in [0.1, 0.15) is 65.2 Å². The van der Waals surface area contributed by atoms with Crippen molar-refractivity contribution in [3.8, 4) is 0 Å². The third-order valence-corrected chi connectivity index (χ3v) is 6.86. The maximum Gasteiger partial charge on any atom is 1.00 e. The summed E-state index contributed by atoms with van der Waals surface area (Å²) < 4.78 is 5.32. The van der Waals surface area contributed by atoms with Crippen molar-refractivity contribution in [2.75, 3.05) is 12.4 Å². The molecule has 1 unspecified atom stereocenters. The first-order chi connectivity index (χ1) is 8.12. The Morgan fingerprint density at radius 2 is 1.56 bits per heavy atom. The first kappa shape index (κ1) is 22.5. The van der Waals surface area contributed by atoms with Crippen LogP contribution in [0.15, 0.2) is 0 Å². The van der Waals surface area contributed by atoms with Crippen molar-refractivity contribution < 1.29 is 9.42 Å². The molecule has 0 amide bonds. The van der Waals surface area contributed by atoms with Crippen molar-refractivity contribution in [3.05, 3.63) is 0 Å². The van der Waals surface area contributed by atoms with Gasteiger partial charge in [0.15, 0.2) is 0 Å². The second-order valence-electron chi connectivity index (χ2n) is 4.23. The Hall–Kier alpha value is 2.18. The molecule has 0 aliphatic carbocycles. The second kappa shape index (κ2) is 15.6. The largest absolute Gasteiger partial charge is 1.00 e. The van der Waals surface area contributed by atoms with E-state index in [1.165, 1.54) is 43.5 Å². The predicted octanol–water partition coefficient (Wildman–Crippen LogP) is 4.10. The Labute approximate surface area is 152 Å². The molecule has 0 spiro atoms. The molecule has 18 heavy (non-hydrogen) atoms. The molecule has 0 saturated heterocycles. The average molecular weight is 338 g/mol. The Bertz CT molecular complexity index is 200. The molecule has 105 valence electrons. The Morgan fingerprint density at radius 3 is 2.11 bits per heavy atom. The van der Waals surface area contributed by atoms with E-state index >= 15 is 0 Å². The van der Waals surface area contributed by atoms with E-state index in [2.05, 4.69) is 13.8 Å². The molecule has 0 aliphatic heterocycles. The molecule has 1 atom stereocenters. The van der Waals surface area contributed by atoms with E-state index < -0.39 is 5.69 Å². The minimum atomic E-state index is -2.79. The Morgan fingerprint density at radius 1 is 1.00 bits per heavy atom. The van der Waals surface area contributed by atoms with Crippen LogP contribution in [-0.4, -0.2) is 50.1 Å². The molecule has 0 rings (SSSR count). The maximum atomic E-state index is 11.8. The maximum absolute atomic E-state index is 11.8. The molecule has 0 N–H and O–H groups in total. The molecule has 2 nitrogen and oxygen atoms in total. The molecule has 6 heteroatoms. The molecule has 0 bridgehead atoms. The van der Waals surface area contributed by atoms with Crippen LogP contribution in [-0.2, 0) is 16.3 Å². The number of unbranched alkanes of at least 4 members (excludes halogenated alkanes) is 6. The summed E-state index contributed by atoms with van der Waals surface area (Å²) in [7, 11) is 0. The van der Waals surface area contributed by atoms with Gasteiger partial charge in [0.25, 0.3) is 0 Å². The van der Waals surface area contributed by atoms with E-state index in [1.54, 1.807) is 0 Å². The van der Waals surface area contributed by atoms with Crippen LogP contribution in [0.25, 0.3) is 0 Å². The molecule has 0 aromatic rings. The van der Waals surface area contributed by atoms with Gasteiger partial charge in [0.1, 0.15) is 0 Å². The molecule has 0 fully saturated rings. The summed E-state index contributed by atoms with van der Waals surface area (Å²) in [6.45, 7) is 4.91. The molecular formula is C12H26CaO2PS2. The van der Waals surface area contributed by atoms with E-state index in [0.717, 1.165) is 25.0 Å². The van der Waals surface area contributed by atoms with Crippen LogP contribution in [0, 0.1) is 0 Å². The van der Waals surface area contributed by atoms with Gasteiger partial charge < -0.3 is 9.42 Å². The van der Waals surface area contributed by atoms with Crippen LogP contribution in [0.5, 0.6) is 0 Å². The summed E-state index contributed by atoms with van der Waals surface area (Å²) >= 11 is 6.34. The van der Waals surface area contributed by atoms with Gasteiger partial charge in [0, 0.05) is 5.69 Å². The quantitative estimate of drug-likeness (QED) is 0.305. The van der Waals surface area contributed by atoms with Crippen molar-refractivity contribution in [2.24, 2.45) is 0 Å². The smallest absolute Gasteiger partial charge is 0.793 e. The summed E-state index contributed by atoms with van der Waals surface area (Å²) in [5.74, 6) is 0.871. The molecule has 1 radical (unpaired) electrons. The number of hydrogen-bond donors (Lipinski definition) is 0. The number of rotatable bonds is 12. The second-order valence-corrected chi connectivity index (χ2v) is 10.4. The third kappa shape index (κ3) is 16.2. The van der Waals surface area contributed by atoms with Gasteiger partial charge in [-0.15, -0.1) is 11.4 Å². The summed E-state index contributed by atoms with van der Waals surface area (Å²) in [5.41, 5.74) is -2.79. The number of hydrogen-bond acceptors (Lipinski definition) is 4. The van der Waals surface area contributed by atoms with Crippen molar-refractivity contribution in [1.29, 1.82) is 0 Å². The van der Waals surface area contributed by atoms with Crippen molar-refractivity contribution in [2.45, 2.75) is 65.2 Å². The first-order valence-electron chi connectivity index (χ1n) is 6.72. The van der Waals surface area contributed by atoms with Crippen molar-refractivity contribution in [1.82, 2.24) is 0 Å². The molecule has 0 aromatic carbocycles. The van der Waals surface area contributed by atoms with Gasteiger partial charge in [-0.1, -0.05) is 64.2 Å². The fourth-order valence-corrected chi connectivity index (χ4v) is 4.83. The van der Waals surface area contributed by atoms with Crippen LogP contribution < -0.4 is 4.89 Å². The van der Waals surface area contributed by atoms with E-state index in [0.29, 0.717) is 6.61 Å². The zero-order chi connectivity index (χ0) is 13.0. The van der Waals surface area contributed by atoms with Gasteiger partial charge in [0.2, 0.25) is 0 Å². The van der Waals surface area contributed by atoms with Crippen LogP contribution in [0.3, 0.4) is 0 Å². The summed E-state index contributed by atoms with van der Waals surface area (Å²) in [6, 6.07) is 0. The van der Waals surface area contributed by atoms with Gasteiger partial charge in [-0.3, -0.25) is 0 Å². The zero-order valence-electron chi connectivity index (χ0n) is 11.9. The van der Waals surface area contributed by atoms with E-state index in [-0.39, 0.29) is 37.7 Å². The van der Waals surface area contributed by atoms with Gasteiger partial charge in [0.05, 0.1) is 6.61 Å². The Kier molecular flexibility index (Phi) is 19.4. The summed E-state index contributed by atoms with van der Waals surface area (Å²) in [5, 5.41) is 0. The first-order valence-corrected chi connectivity index (χ1v) is 11.0. The third-order valence-electron chi connectivity index (χ3n) is 2.49. The standard InChI is InChI=1S/C12H27O2PS2.Ca/c1-3-5-7-9-11-14-15(13,16)17-12-10-8-6-4-2;/h3-12H2,1-2H3,(H,13,16);/q;+1/p-1. The zero-order valence-corrected chi connectivity index (χ0v) is 16.6. The van der Waals surface area contributed by atoms with E-state index in [4.69, 9.17) is 16.3 Å². The van der Waals surface area contributed by atoms with E-state index in [1.807, 2.05) is 0 Å². The van der Waals surface area contributed by atoms with Gasteiger partial charge in [-0.05, 0) is 18.6 Å². The van der Waals surface area contributed by atoms with Crippen LogP contribution in [0.4, 0.5) is 0 Å². The molecule has 0 heterocycles. The average Bonchev–Trinajstić information content (AvgIpc) is 2.28. The summed E-state index contributed by atoms with van der Waals surface area (Å²) in [4.78, 5) is 11.8. The topological polar surface area (TPSA) is 32.3 Å². The van der Waals surface area contributed by atoms with Gasteiger partial charge in [-0.2, -0.15) is 0 Å². The van der Waals surface area contributed by atoms with Gasteiger partial charge in [-0.25, -0.2) is 0 Å². The summed E-state index contributed by atoms with van der Waals surface area (Å²) in [6.07, 6.45) is 9.32. The van der Waals surface area contributed by atoms with Crippen molar-refractivity contribution >= 4 is 66.6 Å². The molecule has 0 saturated carbocycles. The molecule has 0 aromatic heterocycles. The normalized spacial score (nSPS) is 13.9. The molecular weight excluding hydrogens is 311 g/mol.